The SMILES string of the molecule is CCCn1c(=NC(=O)CSc2ccc(C)cc2)sc2cc(F)ccc21. The molecule has 0 aliphatic carbocycles. The summed E-state index contributed by atoms with van der Waals surface area (Å²) >= 11 is 2.83. The number of amides is 1. The molecule has 1 amide bonds. The van der Waals surface area contributed by atoms with Crippen LogP contribution in [0.4, 0.5) is 4.39 Å². The number of thiazole rings is 1. The van der Waals surface area contributed by atoms with E-state index in [2.05, 4.69) is 11.9 Å². The van der Waals surface area contributed by atoms with Gasteiger partial charge in [0.05, 0.1) is 16.0 Å². The van der Waals surface area contributed by atoms with Crippen molar-refractivity contribution in [2.75, 3.05) is 5.75 Å². The third-order valence-electron chi connectivity index (χ3n) is 3.70. The van der Waals surface area contributed by atoms with Crippen LogP contribution in [0.5, 0.6) is 0 Å². The van der Waals surface area contributed by atoms with Crippen molar-refractivity contribution in [1.29, 1.82) is 0 Å². The number of carbonyl (C=O) groups excluding carboxylic acids is 1. The highest BCUT2D eigenvalue weighted by Gasteiger charge is 2.09. The highest BCUT2D eigenvalue weighted by atomic mass is 32.2. The molecule has 130 valence electrons. The van der Waals surface area contributed by atoms with E-state index < -0.39 is 0 Å². The molecule has 0 spiro atoms. The first kappa shape index (κ1) is 17.9. The Balaban J connectivity index is 1.84. The van der Waals surface area contributed by atoms with E-state index in [1.807, 2.05) is 35.8 Å². The van der Waals surface area contributed by atoms with Gasteiger partial charge in [-0.05, 0) is 43.7 Å². The summed E-state index contributed by atoms with van der Waals surface area (Å²) in [6.45, 7) is 4.85. The van der Waals surface area contributed by atoms with Crippen LogP contribution in [-0.2, 0) is 11.3 Å². The molecule has 0 saturated heterocycles. The number of aryl methyl sites for hydroxylation is 2. The highest BCUT2D eigenvalue weighted by molar-refractivity contribution is 8.00. The van der Waals surface area contributed by atoms with Crippen LogP contribution < -0.4 is 4.80 Å². The molecule has 2 aromatic carbocycles. The molecule has 1 heterocycles. The van der Waals surface area contributed by atoms with Gasteiger partial charge in [0, 0.05) is 11.4 Å². The van der Waals surface area contributed by atoms with Crippen molar-refractivity contribution in [1.82, 2.24) is 4.57 Å². The molecule has 0 unspecified atom stereocenters. The number of nitrogens with zero attached hydrogens (tertiary/aromatic N) is 2. The first-order valence-corrected chi connectivity index (χ1v) is 9.93. The summed E-state index contributed by atoms with van der Waals surface area (Å²) in [7, 11) is 0. The Morgan fingerprint density at radius 2 is 2.00 bits per heavy atom. The van der Waals surface area contributed by atoms with Crippen LogP contribution in [0.15, 0.2) is 52.4 Å². The standard InChI is InChI=1S/C19H19FN2OS2/c1-3-10-22-16-9-6-14(20)11-17(16)25-19(22)21-18(23)12-24-15-7-4-13(2)5-8-15/h4-9,11H,3,10,12H2,1-2H3. The first-order valence-electron chi connectivity index (χ1n) is 8.12. The zero-order chi connectivity index (χ0) is 17.8. The molecule has 0 bridgehead atoms. The van der Waals surface area contributed by atoms with Gasteiger partial charge >= 0.3 is 0 Å². The van der Waals surface area contributed by atoms with Gasteiger partial charge in [0.2, 0.25) is 0 Å². The number of halogens is 1. The number of fused-ring (bicyclic) bond motifs is 1. The lowest BCUT2D eigenvalue weighted by molar-refractivity contribution is -0.115. The minimum Gasteiger partial charge on any atom is -0.316 e. The predicted octanol–water partition coefficient (Wildman–Crippen LogP) is 4.78. The van der Waals surface area contributed by atoms with Gasteiger partial charge in [0.25, 0.3) is 5.91 Å². The Morgan fingerprint density at radius 1 is 1.24 bits per heavy atom. The fourth-order valence-corrected chi connectivity index (χ4v) is 4.27. The molecule has 3 rings (SSSR count). The maximum Gasteiger partial charge on any atom is 0.258 e. The third-order valence-corrected chi connectivity index (χ3v) is 5.73. The minimum atomic E-state index is -0.273. The average Bonchev–Trinajstić information content (AvgIpc) is 2.91. The van der Waals surface area contributed by atoms with E-state index in [-0.39, 0.29) is 17.5 Å². The number of hydrogen-bond acceptors (Lipinski definition) is 3. The van der Waals surface area contributed by atoms with Crippen LogP contribution in [0.25, 0.3) is 10.2 Å². The van der Waals surface area contributed by atoms with Gasteiger partial charge in [-0.1, -0.05) is 36.0 Å². The molecule has 6 heteroatoms. The summed E-state index contributed by atoms with van der Waals surface area (Å²) in [5.74, 6) is -0.162. The second-order valence-corrected chi connectivity index (χ2v) is 7.81. The Bertz CT molecular complexity index is 958. The first-order chi connectivity index (χ1) is 12.1. The average molecular weight is 375 g/mol. The Hall–Kier alpha value is -1.92. The van der Waals surface area contributed by atoms with Gasteiger partial charge in [0.1, 0.15) is 5.82 Å². The molecular weight excluding hydrogens is 355 g/mol. The minimum absolute atomic E-state index is 0.178. The van der Waals surface area contributed by atoms with Crippen LogP contribution in [0.1, 0.15) is 18.9 Å². The fraction of sp³-hybridized carbons (Fsp3) is 0.263. The van der Waals surface area contributed by atoms with Crippen molar-refractivity contribution in [3.63, 3.8) is 0 Å². The van der Waals surface area contributed by atoms with Crippen molar-refractivity contribution in [3.05, 3.63) is 58.6 Å². The lowest BCUT2D eigenvalue weighted by Gasteiger charge is -2.02. The van der Waals surface area contributed by atoms with Crippen molar-refractivity contribution in [3.8, 4) is 0 Å². The molecule has 25 heavy (non-hydrogen) atoms. The second-order valence-electron chi connectivity index (χ2n) is 5.76. The Kier molecular flexibility index (Phi) is 5.71. The predicted molar refractivity (Wildman–Crippen MR) is 103 cm³/mol. The quantitative estimate of drug-likeness (QED) is 0.602. The zero-order valence-corrected chi connectivity index (χ0v) is 15.8. The van der Waals surface area contributed by atoms with Crippen LogP contribution in [0, 0.1) is 12.7 Å². The van der Waals surface area contributed by atoms with Crippen molar-refractivity contribution in [2.45, 2.75) is 31.7 Å². The van der Waals surface area contributed by atoms with Crippen LogP contribution >= 0.6 is 23.1 Å². The number of benzene rings is 2. The second kappa shape index (κ2) is 7.97. The molecule has 1 aromatic heterocycles. The summed E-state index contributed by atoms with van der Waals surface area (Å²) in [5.41, 5.74) is 2.12. The van der Waals surface area contributed by atoms with Gasteiger partial charge < -0.3 is 4.57 Å². The summed E-state index contributed by atoms with van der Waals surface area (Å²) in [6, 6.07) is 12.8. The molecule has 0 aliphatic heterocycles. The Morgan fingerprint density at radius 3 is 2.72 bits per heavy atom. The third kappa shape index (κ3) is 4.38. The van der Waals surface area contributed by atoms with Crippen molar-refractivity contribution in [2.24, 2.45) is 4.99 Å². The zero-order valence-electron chi connectivity index (χ0n) is 14.2. The molecule has 0 radical (unpaired) electrons. The van der Waals surface area contributed by atoms with Crippen LogP contribution in [0.3, 0.4) is 0 Å². The van der Waals surface area contributed by atoms with E-state index in [4.69, 9.17) is 0 Å². The van der Waals surface area contributed by atoms with E-state index in [0.29, 0.717) is 4.80 Å². The van der Waals surface area contributed by atoms with Crippen LogP contribution in [0.2, 0.25) is 0 Å². The maximum atomic E-state index is 13.5. The van der Waals surface area contributed by atoms with Crippen LogP contribution in [-0.4, -0.2) is 16.2 Å². The molecule has 0 saturated carbocycles. The summed E-state index contributed by atoms with van der Waals surface area (Å²) < 4.78 is 16.3. The van der Waals surface area contributed by atoms with E-state index in [0.717, 1.165) is 28.1 Å². The van der Waals surface area contributed by atoms with Crippen molar-refractivity contribution < 1.29 is 9.18 Å². The molecular formula is C19H19FN2OS2. The van der Waals surface area contributed by atoms with Gasteiger partial charge in [0.15, 0.2) is 4.80 Å². The van der Waals surface area contributed by atoms with E-state index >= 15 is 0 Å². The summed E-state index contributed by atoms with van der Waals surface area (Å²) in [4.78, 5) is 18.2. The highest BCUT2D eigenvalue weighted by Crippen LogP contribution is 2.20. The Labute approximate surface area is 154 Å². The van der Waals surface area contributed by atoms with E-state index in [1.54, 1.807) is 6.07 Å². The molecule has 0 N–H and O–H groups in total. The smallest absolute Gasteiger partial charge is 0.258 e. The molecule has 3 nitrogen and oxygen atoms in total. The number of carbonyl (C=O) groups is 1. The van der Waals surface area contributed by atoms with Gasteiger partial charge in [-0.3, -0.25) is 4.79 Å². The van der Waals surface area contributed by atoms with E-state index in [1.165, 1.54) is 40.8 Å². The van der Waals surface area contributed by atoms with Gasteiger partial charge in [-0.15, -0.1) is 11.8 Å². The summed E-state index contributed by atoms with van der Waals surface area (Å²) in [6.07, 6.45) is 0.919. The largest absolute Gasteiger partial charge is 0.316 e. The summed E-state index contributed by atoms with van der Waals surface area (Å²) in [5, 5.41) is 0. The monoisotopic (exact) mass is 374 g/mol. The topological polar surface area (TPSA) is 34.4 Å². The van der Waals surface area contributed by atoms with Gasteiger partial charge in [-0.25, -0.2) is 4.39 Å². The number of aromatic nitrogens is 1. The molecule has 0 atom stereocenters. The van der Waals surface area contributed by atoms with Crippen molar-refractivity contribution >= 4 is 39.2 Å². The molecule has 3 aromatic rings. The lowest BCUT2D eigenvalue weighted by atomic mass is 10.2. The molecule has 0 fully saturated rings. The molecule has 0 aliphatic rings. The normalized spacial score (nSPS) is 12.0. The van der Waals surface area contributed by atoms with E-state index in [9.17, 15) is 9.18 Å². The van der Waals surface area contributed by atoms with Gasteiger partial charge in [-0.2, -0.15) is 4.99 Å². The fourth-order valence-electron chi connectivity index (χ4n) is 2.49. The lowest BCUT2D eigenvalue weighted by Crippen LogP contribution is -2.17. The number of rotatable bonds is 5. The number of hydrogen-bond donors (Lipinski definition) is 0. The number of thioether (sulfide) groups is 1. The maximum absolute atomic E-state index is 13.5.